The molecule has 1 saturated carbocycles. The summed E-state index contributed by atoms with van der Waals surface area (Å²) in [5, 5.41) is 2.62. The SMILES string of the molecule is C=CC(C=C/C=C/CN(CC(=O)N(C)C)c1cc(C(=O)N=O)ccc1CC1CCCCC1)OC1=CC=CCC(OC)=C1.CC.CC. The van der Waals surface area contributed by atoms with Gasteiger partial charge in [-0.05, 0) is 48.3 Å². The van der Waals surface area contributed by atoms with Gasteiger partial charge in [0, 0.05) is 49.6 Å². The first kappa shape index (κ1) is 39.8. The normalized spacial score (nSPS) is 15.2. The van der Waals surface area contributed by atoms with E-state index in [2.05, 4.69) is 11.8 Å². The van der Waals surface area contributed by atoms with Crippen LogP contribution < -0.4 is 4.90 Å². The lowest BCUT2D eigenvalue weighted by atomic mass is 9.84. The van der Waals surface area contributed by atoms with Gasteiger partial charge in [0.25, 0.3) is 0 Å². The third-order valence-corrected chi connectivity index (χ3v) is 7.47. The van der Waals surface area contributed by atoms with Gasteiger partial charge in [-0.1, -0.05) is 103 Å². The van der Waals surface area contributed by atoms with Crippen molar-refractivity contribution in [2.24, 2.45) is 11.1 Å². The molecule has 0 spiro atoms. The number of rotatable bonds is 14. The van der Waals surface area contributed by atoms with Crippen molar-refractivity contribution in [2.75, 3.05) is 39.2 Å². The zero-order valence-electron chi connectivity index (χ0n) is 29.0. The van der Waals surface area contributed by atoms with Crippen LogP contribution in [-0.4, -0.2) is 57.1 Å². The average Bonchev–Trinajstić information content (AvgIpc) is 3.34. The first-order valence-electron chi connectivity index (χ1n) is 16.5. The summed E-state index contributed by atoms with van der Waals surface area (Å²) in [6.45, 7) is 12.4. The predicted molar refractivity (Wildman–Crippen MR) is 191 cm³/mol. The highest BCUT2D eigenvalue weighted by Gasteiger charge is 2.21. The van der Waals surface area contributed by atoms with Gasteiger partial charge < -0.3 is 19.3 Å². The van der Waals surface area contributed by atoms with Crippen molar-refractivity contribution in [2.45, 2.75) is 78.7 Å². The van der Waals surface area contributed by atoms with Gasteiger partial charge in [0.1, 0.15) is 17.6 Å². The van der Waals surface area contributed by atoms with Crippen LogP contribution in [0.25, 0.3) is 0 Å². The Morgan fingerprint density at radius 2 is 1.80 bits per heavy atom. The van der Waals surface area contributed by atoms with Gasteiger partial charge in [-0.3, -0.25) is 9.59 Å². The highest BCUT2D eigenvalue weighted by Crippen LogP contribution is 2.32. The van der Waals surface area contributed by atoms with E-state index in [0.29, 0.717) is 24.6 Å². The van der Waals surface area contributed by atoms with Crippen molar-refractivity contribution < 1.29 is 19.1 Å². The van der Waals surface area contributed by atoms with Crippen molar-refractivity contribution in [1.82, 2.24) is 4.90 Å². The number of carbonyl (C=O) groups excluding carboxylic acids is 2. The summed E-state index contributed by atoms with van der Waals surface area (Å²) in [5.41, 5.74) is 2.06. The molecule has 8 nitrogen and oxygen atoms in total. The Morgan fingerprint density at radius 1 is 1.09 bits per heavy atom. The molecule has 1 atom stereocenters. The molecule has 0 heterocycles. The first-order valence-corrected chi connectivity index (χ1v) is 16.5. The fourth-order valence-corrected chi connectivity index (χ4v) is 5.06. The maximum atomic E-state index is 12.8. The molecule has 1 aromatic carbocycles. The lowest BCUT2D eigenvalue weighted by Crippen LogP contribution is -2.37. The van der Waals surface area contributed by atoms with Gasteiger partial charge in [0.05, 0.1) is 13.7 Å². The van der Waals surface area contributed by atoms with Crippen molar-refractivity contribution in [1.29, 1.82) is 0 Å². The molecule has 2 amide bonds. The second-order valence-electron chi connectivity index (χ2n) is 10.8. The maximum Gasteiger partial charge on any atom is 0.316 e. The summed E-state index contributed by atoms with van der Waals surface area (Å²) in [5.74, 6) is 1.16. The highest BCUT2D eigenvalue weighted by atomic mass is 16.5. The molecule has 8 heteroatoms. The molecule has 3 rings (SSSR count). The summed E-state index contributed by atoms with van der Waals surface area (Å²) < 4.78 is 11.4. The topological polar surface area (TPSA) is 88.5 Å². The maximum absolute atomic E-state index is 12.8. The van der Waals surface area contributed by atoms with E-state index in [1.54, 1.807) is 44.3 Å². The zero-order chi connectivity index (χ0) is 34.3. The fraction of sp³-hybridized carbons (Fsp3) is 0.474. The van der Waals surface area contributed by atoms with E-state index in [1.165, 1.54) is 32.1 Å². The number of nitrogens with zero attached hydrogens (tertiary/aromatic N) is 3. The number of carbonyl (C=O) groups is 2. The Kier molecular flexibility index (Phi) is 20.1. The van der Waals surface area contributed by atoms with Gasteiger partial charge in [-0.15, -0.1) is 4.91 Å². The number of benzene rings is 1. The minimum absolute atomic E-state index is 0.0675. The number of hydrogen-bond donors (Lipinski definition) is 0. The lowest BCUT2D eigenvalue weighted by molar-refractivity contribution is -0.127. The van der Waals surface area contributed by atoms with Crippen LogP contribution in [0.15, 0.2) is 96.2 Å². The molecule has 2 aliphatic carbocycles. The Balaban J connectivity index is 0.00000254. The van der Waals surface area contributed by atoms with Gasteiger partial charge in [0.15, 0.2) is 0 Å². The molecular weight excluding hydrogens is 578 g/mol. The van der Waals surface area contributed by atoms with Crippen molar-refractivity contribution in [3.63, 3.8) is 0 Å². The van der Waals surface area contributed by atoms with Crippen molar-refractivity contribution in [3.8, 4) is 0 Å². The zero-order valence-corrected chi connectivity index (χ0v) is 29.0. The Labute approximate surface area is 277 Å². The van der Waals surface area contributed by atoms with Gasteiger partial charge in [0.2, 0.25) is 5.91 Å². The van der Waals surface area contributed by atoms with Gasteiger partial charge in [-0.25, -0.2) is 0 Å². The molecule has 0 aromatic heterocycles. The summed E-state index contributed by atoms with van der Waals surface area (Å²) in [6, 6.07) is 5.27. The Hall–Kier alpha value is -4.20. The van der Waals surface area contributed by atoms with Crippen LogP contribution in [0.4, 0.5) is 5.69 Å². The van der Waals surface area contributed by atoms with Gasteiger partial charge in [-0.2, -0.15) is 0 Å². The number of likely N-dealkylation sites (N-methyl/N-ethyl adjacent to an activating group) is 1. The van der Waals surface area contributed by atoms with Crippen LogP contribution in [-0.2, 0) is 20.7 Å². The molecule has 1 fully saturated rings. The van der Waals surface area contributed by atoms with E-state index >= 15 is 0 Å². The molecule has 0 radical (unpaired) electrons. The molecule has 46 heavy (non-hydrogen) atoms. The van der Waals surface area contributed by atoms with Crippen LogP contribution in [0.5, 0.6) is 0 Å². The third kappa shape index (κ3) is 13.8. The van der Waals surface area contributed by atoms with E-state index in [-0.39, 0.29) is 24.1 Å². The monoisotopic (exact) mass is 633 g/mol. The van der Waals surface area contributed by atoms with E-state index in [9.17, 15) is 14.5 Å². The van der Waals surface area contributed by atoms with Crippen LogP contribution in [0.3, 0.4) is 0 Å². The minimum atomic E-state index is -0.819. The van der Waals surface area contributed by atoms with Crippen LogP contribution in [0, 0.1) is 10.8 Å². The smallest absolute Gasteiger partial charge is 0.316 e. The summed E-state index contributed by atoms with van der Waals surface area (Å²) in [6.07, 6.45) is 24.3. The number of hydrogen-bond acceptors (Lipinski definition) is 6. The van der Waals surface area contributed by atoms with Gasteiger partial charge >= 0.3 is 5.91 Å². The summed E-state index contributed by atoms with van der Waals surface area (Å²) >= 11 is 0. The molecule has 1 aromatic rings. The van der Waals surface area contributed by atoms with Crippen LogP contribution in [0.2, 0.25) is 0 Å². The van der Waals surface area contributed by atoms with Crippen LogP contribution in [0.1, 0.15) is 82.1 Å². The standard InChI is InChI=1S/C34H43N3O5.2C2H6/c1-5-29(42-31-18-12-11-17-30(24-31)41-4)16-10-7-13-21-37(25-33(38)36(2)3)32-23-28(34(39)35-40)20-19-27(32)22-26-14-8-6-9-15-26;2*1-2/h5,7,10-13,16,18-20,23-24,26,29H,1,6,8-9,14-15,17,21-22,25H2,2-4H3;2*1-2H3/b13-7+,16-10?;;. The molecule has 0 saturated heterocycles. The molecule has 252 valence electrons. The van der Waals surface area contributed by atoms with E-state index in [4.69, 9.17) is 9.47 Å². The van der Waals surface area contributed by atoms with Crippen molar-refractivity contribution in [3.05, 3.63) is 107 Å². The second-order valence-corrected chi connectivity index (χ2v) is 10.8. The Bertz CT molecular complexity index is 1250. The number of allylic oxidation sites excluding steroid dienone is 6. The van der Waals surface area contributed by atoms with E-state index < -0.39 is 5.91 Å². The molecule has 0 bridgehead atoms. The number of ether oxygens (including phenoxy) is 2. The van der Waals surface area contributed by atoms with E-state index in [0.717, 1.165) is 23.4 Å². The molecule has 2 aliphatic rings. The quantitative estimate of drug-likeness (QED) is 0.116. The summed E-state index contributed by atoms with van der Waals surface area (Å²) in [7, 11) is 5.08. The largest absolute Gasteiger partial charge is 0.501 e. The number of methoxy groups -OCH3 is 1. The molecule has 0 N–H and O–H groups in total. The summed E-state index contributed by atoms with van der Waals surface area (Å²) in [4.78, 5) is 39.5. The fourth-order valence-electron chi connectivity index (χ4n) is 5.06. The molecule has 1 unspecified atom stereocenters. The average molecular weight is 634 g/mol. The second kappa shape index (κ2) is 23.2. The first-order chi connectivity index (χ1) is 22.3. The van der Waals surface area contributed by atoms with Crippen LogP contribution >= 0.6 is 0 Å². The van der Waals surface area contributed by atoms with Crippen molar-refractivity contribution >= 4 is 17.5 Å². The number of amides is 2. The molecular formula is C38H55N3O5. The third-order valence-electron chi connectivity index (χ3n) is 7.47. The number of anilines is 1. The number of nitroso groups, excluding NO2 is 1. The minimum Gasteiger partial charge on any atom is -0.501 e. The predicted octanol–water partition coefficient (Wildman–Crippen LogP) is 8.72. The highest BCUT2D eigenvalue weighted by molar-refractivity contribution is 5.96. The van der Waals surface area contributed by atoms with E-state index in [1.807, 2.05) is 87.3 Å². The molecule has 0 aliphatic heterocycles. The Morgan fingerprint density at radius 3 is 2.43 bits per heavy atom. The lowest BCUT2D eigenvalue weighted by Gasteiger charge is -2.29.